The van der Waals surface area contributed by atoms with E-state index in [2.05, 4.69) is 4.52 Å². The summed E-state index contributed by atoms with van der Waals surface area (Å²) in [6.07, 6.45) is 0. The number of carboxylic acid groups (broad SMARTS) is 6. The maximum atomic E-state index is 13.0. The summed E-state index contributed by atoms with van der Waals surface area (Å²) in [4.78, 5) is 79.2. The fraction of sp³-hybridized carbons (Fsp3) is 0. The predicted molar refractivity (Wildman–Crippen MR) is 105 cm³/mol. The molecule has 2 aromatic carbocycles. The lowest BCUT2D eigenvalue weighted by Gasteiger charge is -2.19. The van der Waals surface area contributed by atoms with Gasteiger partial charge >= 0.3 is 43.4 Å². The minimum absolute atomic E-state index is 0.290. The van der Waals surface area contributed by atoms with Crippen molar-refractivity contribution in [2.24, 2.45) is 0 Å². The lowest BCUT2D eigenvalue weighted by Crippen LogP contribution is -2.25. The molecule has 7 N–H and O–H groups in total. The number of carbonyl (C=O) groups is 6. The Morgan fingerprint density at radius 2 is 1.00 bits per heavy atom. The smallest absolute Gasteiger partial charge is 0.409 e. The third-order valence-electron chi connectivity index (χ3n) is 4.13. The summed E-state index contributed by atoms with van der Waals surface area (Å²) in [5, 5.41) is 54.1. The summed E-state index contributed by atoms with van der Waals surface area (Å²) in [5.74, 6) is -13.1. The molecule has 0 spiro atoms. The lowest BCUT2D eigenvalue weighted by atomic mass is 10.0. The molecule has 0 fully saturated rings. The molecule has 0 radical (unpaired) electrons. The van der Waals surface area contributed by atoms with Crippen LogP contribution in [0.5, 0.6) is 5.75 Å². The van der Waals surface area contributed by atoms with Gasteiger partial charge in [-0.1, -0.05) is 0 Å². The average Bonchev–Trinajstić information content (AvgIpc) is 2.71. The summed E-state index contributed by atoms with van der Waals surface area (Å²) >= 11 is 0. The van der Waals surface area contributed by atoms with E-state index in [4.69, 9.17) is 10.2 Å². The van der Waals surface area contributed by atoms with Crippen LogP contribution in [0.4, 0.5) is 0 Å². The van der Waals surface area contributed by atoms with Crippen molar-refractivity contribution >= 4 is 48.7 Å². The molecule has 0 aliphatic carbocycles. The molecule has 0 aromatic heterocycles. The Morgan fingerprint density at radius 1 is 0.588 bits per heavy atom. The second-order valence-electron chi connectivity index (χ2n) is 6.26. The van der Waals surface area contributed by atoms with Crippen LogP contribution < -0.4 is 9.83 Å². The molecule has 1 unspecified atom stereocenters. The van der Waals surface area contributed by atoms with Crippen molar-refractivity contribution in [1.29, 1.82) is 0 Å². The summed E-state index contributed by atoms with van der Waals surface area (Å²) in [7, 11) is -5.72. The van der Waals surface area contributed by atoms with E-state index in [9.17, 15) is 58.7 Å². The highest BCUT2D eigenvalue weighted by Crippen LogP contribution is 2.45. The maximum absolute atomic E-state index is 13.0. The topological polar surface area (TPSA) is 270 Å². The molecule has 178 valence electrons. The van der Waals surface area contributed by atoms with Crippen molar-refractivity contribution in [3.05, 3.63) is 57.6 Å². The Hall–Kier alpha value is -4.75. The Bertz CT molecular complexity index is 1340. The van der Waals surface area contributed by atoms with Crippen LogP contribution in [0.15, 0.2) is 24.3 Å². The van der Waals surface area contributed by atoms with E-state index in [0.29, 0.717) is 24.3 Å². The first-order valence-electron chi connectivity index (χ1n) is 8.37. The molecule has 2 rings (SSSR count). The van der Waals surface area contributed by atoms with Crippen LogP contribution >= 0.6 is 7.60 Å². The predicted octanol–water partition coefficient (Wildman–Crippen LogP) is 0.765. The van der Waals surface area contributed by atoms with Crippen LogP contribution in [-0.2, 0) is 4.57 Å². The van der Waals surface area contributed by atoms with Gasteiger partial charge in [0.15, 0.2) is 0 Å². The number of hydrogen-bond acceptors (Lipinski definition) is 8. The van der Waals surface area contributed by atoms with Gasteiger partial charge in [-0.25, -0.2) is 33.3 Å². The van der Waals surface area contributed by atoms with E-state index in [1.54, 1.807) is 0 Å². The van der Waals surface area contributed by atoms with Gasteiger partial charge in [0.1, 0.15) is 11.3 Å². The standard InChI is InChI=1S/C18H11O15P/c19-13(20)5-1-7(15(23)24)11(17(27)28)9(3-5)33-34(31,32)10-4-6(14(21)22)2-8(16(25)26)12(10)18(29)30/h1-4H,(H,19,20)(H,21,22)(H,23,24)(H,25,26)(H,27,28)(H,29,30)(H,31,32). The molecule has 0 aliphatic rings. The monoisotopic (exact) mass is 498 g/mol. The molecular weight excluding hydrogens is 487 g/mol. The van der Waals surface area contributed by atoms with Gasteiger partial charge < -0.3 is 40.1 Å². The number of rotatable bonds is 9. The zero-order chi connectivity index (χ0) is 26.1. The van der Waals surface area contributed by atoms with E-state index in [1.165, 1.54) is 0 Å². The van der Waals surface area contributed by atoms with Crippen molar-refractivity contribution in [3.8, 4) is 5.75 Å². The Labute approximate surface area is 186 Å². The summed E-state index contributed by atoms with van der Waals surface area (Å²) in [5.41, 5.74) is -6.94. The molecule has 0 bridgehead atoms. The minimum Gasteiger partial charge on any atom is -0.478 e. The van der Waals surface area contributed by atoms with E-state index >= 15 is 0 Å². The summed E-state index contributed by atoms with van der Waals surface area (Å²) in [6.45, 7) is 0. The van der Waals surface area contributed by atoms with E-state index in [-0.39, 0.29) is 0 Å². The summed E-state index contributed by atoms with van der Waals surface area (Å²) < 4.78 is 17.7. The van der Waals surface area contributed by atoms with Gasteiger partial charge in [-0.15, -0.1) is 0 Å². The second kappa shape index (κ2) is 9.01. The third-order valence-corrected chi connectivity index (χ3v) is 5.53. The van der Waals surface area contributed by atoms with E-state index < -0.39 is 87.8 Å². The first-order chi connectivity index (χ1) is 15.6. The summed E-state index contributed by atoms with van der Waals surface area (Å²) in [6, 6.07) is 1.45. The van der Waals surface area contributed by atoms with Gasteiger partial charge in [-0.3, -0.25) is 0 Å². The van der Waals surface area contributed by atoms with Gasteiger partial charge in [-0.05, 0) is 24.3 Å². The van der Waals surface area contributed by atoms with Crippen LogP contribution in [0, 0.1) is 0 Å². The zero-order valence-corrected chi connectivity index (χ0v) is 17.0. The average molecular weight is 498 g/mol. The molecule has 1 atom stereocenters. The molecule has 2 aromatic rings. The molecule has 15 nitrogen and oxygen atoms in total. The highest BCUT2D eigenvalue weighted by molar-refractivity contribution is 7.61. The molecule has 0 saturated carbocycles. The fourth-order valence-corrected chi connectivity index (χ4v) is 4.06. The van der Waals surface area contributed by atoms with Crippen molar-refractivity contribution in [3.63, 3.8) is 0 Å². The van der Waals surface area contributed by atoms with Crippen molar-refractivity contribution in [2.75, 3.05) is 0 Å². The highest BCUT2D eigenvalue weighted by Gasteiger charge is 2.37. The SMILES string of the molecule is O=C(O)c1cc(OP(=O)(O)c2cc(C(=O)O)cc(C(=O)O)c2C(=O)O)c(C(=O)O)c(C(=O)O)c1. The number of aromatic carboxylic acids is 6. The zero-order valence-electron chi connectivity index (χ0n) is 16.2. The van der Waals surface area contributed by atoms with Crippen LogP contribution in [0.3, 0.4) is 0 Å². The number of benzene rings is 2. The first-order valence-corrected chi connectivity index (χ1v) is 9.95. The third kappa shape index (κ3) is 4.85. The van der Waals surface area contributed by atoms with Gasteiger partial charge in [0.2, 0.25) is 0 Å². The van der Waals surface area contributed by atoms with Crippen molar-refractivity contribution < 1.29 is 73.4 Å². The lowest BCUT2D eigenvalue weighted by molar-refractivity contribution is 0.0646. The molecule has 0 saturated heterocycles. The molecule has 16 heteroatoms. The van der Waals surface area contributed by atoms with Gasteiger partial charge in [0.25, 0.3) is 0 Å². The van der Waals surface area contributed by atoms with Crippen molar-refractivity contribution in [1.82, 2.24) is 0 Å². The van der Waals surface area contributed by atoms with Crippen LogP contribution in [-0.4, -0.2) is 71.3 Å². The van der Waals surface area contributed by atoms with E-state index in [0.717, 1.165) is 0 Å². The minimum atomic E-state index is -5.72. The Morgan fingerprint density at radius 3 is 1.38 bits per heavy atom. The molecule has 0 aliphatic heterocycles. The second-order valence-corrected chi connectivity index (χ2v) is 7.96. The number of hydrogen-bond donors (Lipinski definition) is 7. The normalized spacial score (nSPS) is 12.3. The molecule has 0 heterocycles. The maximum Gasteiger partial charge on any atom is 0.409 e. The fourth-order valence-electron chi connectivity index (χ4n) is 2.75. The Balaban J connectivity index is 2.92. The van der Waals surface area contributed by atoms with Gasteiger partial charge in [0, 0.05) is 0 Å². The van der Waals surface area contributed by atoms with Crippen LogP contribution in [0.2, 0.25) is 0 Å². The highest BCUT2D eigenvalue weighted by atomic mass is 31.2. The van der Waals surface area contributed by atoms with Crippen LogP contribution in [0.1, 0.15) is 62.1 Å². The quantitative estimate of drug-likeness (QED) is 0.235. The number of carboxylic acids is 6. The Kier molecular flexibility index (Phi) is 6.76. The van der Waals surface area contributed by atoms with Crippen LogP contribution in [0.25, 0.3) is 0 Å². The van der Waals surface area contributed by atoms with Crippen molar-refractivity contribution in [2.45, 2.75) is 0 Å². The molecule has 0 amide bonds. The first kappa shape index (κ1) is 25.5. The molecular formula is C18H11O15P. The largest absolute Gasteiger partial charge is 0.478 e. The van der Waals surface area contributed by atoms with E-state index in [1.807, 2.05) is 0 Å². The molecule has 34 heavy (non-hydrogen) atoms. The van der Waals surface area contributed by atoms with Gasteiger partial charge in [0.05, 0.1) is 33.1 Å². The van der Waals surface area contributed by atoms with Gasteiger partial charge in [-0.2, -0.15) is 0 Å².